The van der Waals surface area contributed by atoms with Crippen molar-refractivity contribution in [2.24, 2.45) is 0 Å². The molecule has 2 rings (SSSR count). The van der Waals surface area contributed by atoms with Crippen LogP contribution >= 0.6 is 0 Å². The number of hydrogen-bond acceptors (Lipinski definition) is 3. The second-order valence-electron chi connectivity index (χ2n) is 6.02. The van der Waals surface area contributed by atoms with Gasteiger partial charge in [0.1, 0.15) is 0 Å². The van der Waals surface area contributed by atoms with Gasteiger partial charge in [-0.3, -0.25) is 4.68 Å². The first kappa shape index (κ1) is 15.5. The van der Waals surface area contributed by atoms with Gasteiger partial charge >= 0.3 is 0 Å². The summed E-state index contributed by atoms with van der Waals surface area (Å²) in [6.45, 7) is 7.67. The maximum atomic E-state index is 4.69. The molecular formula is C16H30N4. The van der Waals surface area contributed by atoms with Gasteiger partial charge in [-0.25, -0.2) is 0 Å². The normalized spacial score (nSPS) is 20.7. The number of likely N-dealkylation sites (tertiary alicyclic amines) is 1. The summed E-state index contributed by atoms with van der Waals surface area (Å²) in [4.78, 5) is 2.49. The fourth-order valence-corrected chi connectivity index (χ4v) is 3.11. The van der Waals surface area contributed by atoms with Crippen LogP contribution in [0.2, 0.25) is 0 Å². The predicted molar refractivity (Wildman–Crippen MR) is 83.8 cm³/mol. The minimum absolute atomic E-state index is 0.549. The number of nitrogens with zero attached hydrogens (tertiary/aromatic N) is 3. The standard InChI is InChI=1S/C16H30N4/c1-4-15(5-2)20-11-9-14(18-20)12-17-13-16-8-6-7-10-19(16)3/h9,11,15-17H,4-8,10,12-13H2,1-3H3. The number of nitrogens with one attached hydrogen (secondary N) is 1. The van der Waals surface area contributed by atoms with E-state index in [9.17, 15) is 0 Å². The molecule has 0 saturated carbocycles. The Morgan fingerprint density at radius 1 is 1.35 bits per heavy atom. The van der Waals surface area contributed by atoms with Crippen molar-refractivity contribution in [1.29, 1.82) is 0 Å². The molecule has 1 aromatic heterocycles. The highest BCUT2D eigenvalue weighted by molar-refractivity contribution is 4.99. The second kappa shape index (κ2) is 7.79. The van der Waals surface area contributed by atoms with Gasteiger partial charge in [-0.2, -0.15) is 5.10 Å². The van der Waals surface area contributed by atoms with E-state index in [1.807, 2.05) is 0 Å². The highest BCUT2D eigenvalue weighted by Crippen LogP contribution is 2.15. The number of likely N-dealkylation sites (N-methyl/N-ethyl adjacent to an activating group) is 1. The molecule has 1 unspecified atom stereocenters. The number of hydrogen-bond donors (Lipinski definition) is 1. The molecule has 0 aromatic carbocycles. The molecule has 1 N–H and O–H groups in total. The first-order valence-electron chi connectivity index (χ1n) is 8.19. The Labute approximate surface area is 123 Å². The van der Waals surface area contributed by atoms with E-state index in [-0.39, 0.29) is 0 Å². The van der Waals surface area contributed by atoms with E-state index in [4.69, 9.17) is 5.10 Å². The van der Waals surface area contributed by atoms with Crippen LogP contribution in [0.25, 0.3) is 0 Å². The zero-order chi connectivity index (χ0) is 14.4. The summed E-state index contributed by atoms with van der Waals surface area (Å²) in [6.07, 6.45) is 8.48. The average Bonchev–Trinajstić information content (AvgIpc) is 2.91. The van der Waals surface area contributed by atoms with Crippen molar-refractivity contribution >= 4 is 0 Å². The van der Waals surface area contributed by atoms with Crippen LogP contribution in [0.5, 0.6) is 0 Å². The third kappa shape index (κ3) is 4.06. The molecule has 1 aliphatic rings. The molecule has 0 spiro atoms. The van der Waals surface area contributed by atoms with Gasteiger partial charge in [-0.05, 0) is 45.3 Å². The van der Waals surface area contributed by atoms with Crippen LogP contribution in [0.15, 0.2) is 12.3 Å². The molecule has 1 atom stereocenters. The Morgan fingerprint density at radius 3 is 2.85 bits per heavy atom. The Hall–Kier alpha value is -0.870. The maximum Gasteiger partial charge on any atom is 0.0762 e. The van der Waals surface area contributed by atoms with Gasteiger partial charge < -0.3 is 10.2 Å². The lowest BCUT2D eigenvalue weighted by Gasteiger charge is -2.32. The Morgan fingerprint density at radius 2 is 2.15 bits per heavy atom. The van der Waals surface area contributed by atoms with E-state index in [0.717, 1.165) is 31.6 Å². The zero-order valence-corrected chi connectivity index (χ0v) is 13.3. The highest BCUT2D eigenvalue weighted by atomic mass is 15.3. The van der Waals surface area contributed by atoms with Gasteiger partial charge in [0.25, 0.3) is 0 Å². The van der Waals surface area contributed by atoms with Crippen LogP contribution in [0.4, 0.5) is 0 Å². The quantitative estimate of drug-likeness (QED) is 0.832. The molecule has 0 radical (unpaired) electrons. The molecule has 0 aliphatic carbocycles. The Kier molecular flexibility index (Phi) is 6.05. The Bertz CT molecular complexity index is 384. The molecule has 0 bridgehead atoms. The average molecular weight is 278 g/mol. The van der Waals surface area contributed by atoms with Gasteiger partial charge in [0.15, 0.2) is 0 Å². The van der Waals surface area contributed by atoms with Crippen molar-refractivity contribution in [2.45, 2.75) is 64.6 Å². The second-order valence-corrected chi connectivity index (χ2v) is 6.02. The first-order chi connectivity index (χ1) is 9.74. The number of rotatable bonds is 7. The van der Waals surface area contributed by atoms with Crippen molar-refractivity contribution < 1.29 is 0 Å². The first-order valence-corrected chi connectivity index (χ1v) is 8.19. The molecule has 0 amide bonds. The molecule has 20 heavy (non-hydrogen) atoms. The van der Waals surface area contributed by atoms with Crippen LogP contribution in [-0.2, 0) is 6.54 Å². The number of piperidine rings is 1. The maximum absolute atomic E-state index is 4.69. The SMILES string of the molecule is CCC(CC)n1ccc(CNCC2CCCCN2C)n1. The summed E-state index contributed by atoms with van der Waals surface area (Å²) in [5, 5.41) is 8.27. The summed E-state index contributed by atoms with van der Waals surface area (Å²) < 4.78 is 2.13. The van der Waals surface area contributed by atoms with E-state index in [1.54, 1.807) is 0 Å². The van der Waals surface area contributed by atoms with Gasteiger partial charge in [0, 0.05) is 25.3 Å². The van der Waals surface area contributed by atoms with Crippen molar-refractivity contribution in [3.05, 3.63) is 18.0 Å². The lowest BCUT2D eigenvalue weighted by atomic mass is 10.0. The van der Waals surface area contributed by atoms with E-state index in [0.29, 0.717) is 12.1 Å². The predicted octanol–water partition coefficient (Wildman–Crippen LogP) is 2.82. The van der Waals surface area contributed by atoms with Crippen molar-refractivity contribution in [3.63, 3.8) is 0 Å². The summed E-state index contributed by atoms with van der Waals surface area (Å²) >= 11 is 0. The topological polar surface area (TPSA) is 33.1 Å². The molecule has 2 heterocycles. The van der Waals surface area contributed by atoms with E-state index >= 15 is 0 Å². The molecule has 4 heteroatoms. The van der Waals surface area contributed by atoms with E-state index < -0.39 is 0 Å². The van der Waals surface area contributed by atoms with Crippen LogP contribution in [-0.4, -0.2) is 40.9 Å². The summed E-state index contributed by atoms with van der Waals surface area (Å²) in [6, 6.07) is 3.40. The minimum atomic E-state index is 0.549. The van der Waals surface area contributed by atoms with Crippen molar-refractivity contribution in [1.82, 2.24) is 20.0 Å². The lowest BCUT2D eigenvalue weighted by molar-refractivity contribution is 0.181. The third-order valence-corrected chi connectivity index (χ3v) is 4.59. The molecule has 1 saturated heterocycles. The summed E-state index contributed by atoms with van der Waals surface area (Å²) in [7, 11) is 2.24. The molecule has 1 aromatic rings. The smallest absolute Gasteiger partial charge is 0.0762 e. The minimum Gasteiger partial charge on any atom is -0.310 e. The number of aromatic nitrogens is 2. The van der Waals surface area contributed by atoms with Gasteiger partial charge in [-0.1, -0.05) is 20.3 Å². The Balaban J connectivity index is 1.76. The van der Waals surface area contributed by atoms with Crippen LogP contribution < -0.4 is 5.32 Å². The molecule has 114 valence electrons. The summed E-state index contributed by atoms with van der Waals surface area (Å²) in [5.74, 6) is 0. The molecular weight excluding hydrogens is 248 g/mol. The summed E-state index contributed by atoms with van der Waals surface area (Å²) in [5.41, 5.74) is 1.16. The zero-order valence-electron chi connectivity index (χ0n) is 13.3. The van der Waals surface area contributed by atoms with E-state index in [1.165, 1.54) is 25.8 Å². The van der Waals surface area contributed by atoms with Crippen molar-refractivity contribution in [2.75, 3.05) is 20.1 Å². The third-order valence-electron chi connectivity index (χ3n) is 4.59. The van der Waals surface area contributed by atoms with Crippen molar-refractivity contribution in [3.8, 4) is 0 Å². The monoisotopic (exact) mass is 278 g/mol. The largest absolute Gasteiger partial charge is 0.310 e. The van der Waals surface area contributed by atoms with Gasteiger partial charge in [0.2, 0.25) is 0 Å². The van der Waals surface area contributed by atoms with Crippen LogP contribution in [0.1, 0.15) is 57.7 Å². The molecule has 1 fully saturated rings. The van der Waals surface area contributed by atoms with E-state index in [2.05, 4.69) is 48.1 Å². The fourth-order valence-electron chi connectivity index (χ4n) is 3.11. The van der Waals surface area contributed by atoms with Crippen LogP contribution in [0, 0.1) is 0 Å². The highest BCUT2D eigenvalue weighted by Gasteiger charge is 2.18. The molecule has 1 aliphatic heterocycles. The molecule has 4 nitrogen and oxygen atoms in total. The van der Waals surface area contributed by atoms with Crippen LogP contribution in [0.3, 0.4) is 0 Å². The van der Waals surface area contributed by atoms with Gasteiger partial charge in [-0.15, -0.1) is 0 Å². The lowest BCUT2D eigenvalue weighted by Crippen LogP contribution is -2.42. The van der Waals surface area contributed by atoms with Gasteiger partial charge in [0.05, 0.1) is 11.7 Å². The fraction of sp³-hybridized carbons (Fsp3) is 0.812.